The lowest BCUT2D eigenvalue weighted by Gasteiger charge is -2.32. The van der Waals surface area contributed by atoms with E-state index in [0.29, 0.717) is 39.1 Å². The molecule has 8 heteroatoms. The Morgan fingerprint density at radius 3 is 2.46 bits per heavy atom. The van der Waals surface area contributed by atoms with E-state index in [4.69, 9.17) is 9.47 Å². The zero-order chi connectivity index (χ0) is 20.1. The number of ether oxygens (including phenoxy) is 2. The molecule has 1 N–H and O–H groups in total. The summed E-state index contributed by atoms with van der Waals surface area (Å²) in [5, 5.41) is 3.05. The smallest absolute Gasteiger partial charge is 0.409 e. The van der Waals surface area contributed by atoms with Gasteiger partial charge < -0.3 is 24.6 Å². The Balaban J connectivity index is 1.50. The first kappa shape index (κ1) is 20.0. The van der Waals surface area contributed by atoms with Gasteiger partial charge in [0.25, 0.3) is 0 Å². The molecule has 152 valence electrons. The average molecular weight is 389 g/mol. The number of piperidine rings is 1. The predicted molar refractivity (Wildman–Crippen MR) is 103 cm³/mol. The molecule has 2 aliphatic rings. The van der Waals surface area contributed by atoms with Crippen molar-refractivity contribution < 1.29 is 23.9 Å². The van der Waals surface area contributed by atoms with E-state index in [1.165, 1.54) is 0 Å². The molecule has 2 saturated heterocycles. The average Bonchev–Trinajstić information content (AvgIpc) is 3.10. The van der Waals surface area contributed by atoms with Crippen LogP contribution >= 0.6 is 0 Å². The highest BCUT2D eigenvalue weighted by Gasteiger charge is 2.36. The summed E-state index contributed by atoms with van der Waals surface area (Å²) in [6.07, 6.45) is 1.28. The second kappa shape index (κ2) is 8.95. The SMILES string of the molecule is CCOC(=O)N1CCC(NC(=O)C2CC(=O)N(c3ccc(OC)cc3)C2)CC1. The van der Waals surface area contributed by atoms with Crippen molar-refractivity contribution in [2.75, 3.05) is 38.3 Å². The van der Waals surface area contributed by atoms with Crippen LogP contribution in [0.5, 0.6) is 5.75 Å². The molecule has 0 saturated carbocycles. The molecule has 0 radical (unpaired) electrons. The van der Waals surface area contributed by atoms with Gasteiger partial charge in [-0.3, -0.25) is 9.59 Å². The molecule has 3 rings (SSSR count). The van der Waals surface area contributed by atoms with Gasteiger partial charge in [0.15, 0.2) is 0 Å². The fourth-order valence-electron chi connectivity index (χ4n) is 3.64. The number of carbonyl (C=O) groups is 3. The van der Waals surface area contributed by atoms with E-state index < -0.39 is 0 Å². The van der Waals surface area contributed by atoms with Gasteiger partial charge in [0, 0.05) is 37.8 Å². The normalized spacial score (nSPS) is 20.2. The Morgan fingerprint density at radius 2 is 1.86 bits per heavy atom. The molecule has 8 nitrogen and oxygen atoms in total. The van der Waals surface area contributed by atoms with Crippen LogP contribution in [0.1, 0.15) is 26.2 Å². The molecule has 2 aliphatic heterocycles. The molecule has 1 unspecified atom stereocenters. The third kappa shape index (κ3) is 4.55. The molecule has 0 aromatic heterocycles. The summed E-state index contributed by atoms with van der Waals surface area (Å²) in [5.74, 6) is 0.206. The zero-order valence-electron chi connectivity index (χ0n) is 16.3. The molecule has 3 amide bonds. The number of nitrogens with one attached hydrogen (secondary N) is 1. The summed E-state index contributed by atoms with van der Waals surface area (Å²) < 4.78 is 10.1. The van der Waals surface area contributed by atoms with E-state index in [1.807, 2.05) is 12.1 Å². The van der Waals surface area contributed by atoms with Crippen molar-refractivity contribution in [1.82, 2.24) is 10.2 Å². The summed E-state index contributed by atoms with van der Waals surface area (Å²) >= 11 is 0. The van der Waals surface area contributed by atoms with Gasteiger partial charge in [-0.15, -0.1) is 0 Å². The standard InChI is InChI=1S/C20H27N3O5/c1-3-28-20(26)22-10-8-15(9-11-22)21-19(25)14-12-18(24)23(13-14)16-4-6-17(27-2)7-5-16/h4-7,14-15H,3,8-13H2,1-2H3,(H,21,25). The Labute approximate surface area is 164 Å². The Hall–Kier alpha value is -2.77. The van der Waals surface area contributed by atoms with E-state index >= 15 is 0 Å². The number of anilines is 1. The van der Waals surface area contributed by atoms with Crippen LogP contribution in [0.3, 0.4) is 0 Å². The van der Waals surface area contributed by atoms with Crippen LogP contribution in [0.4, 0.5) is 10.5 Å². The monoisotopic (exact) mass is 389 g/mol. The van der Waals surface area contributed by atoms with Gasteiger partial charge in [-0.1, -0.05) is 0 Å². The second-order valence-corrected chi connectivity index (χ2v) is 7.07. The van der Waals surface area contributed by atoms with Crippen LogP contribution < -0.4 is 15.0 Å². The maximum absolute atomic E-state index is 12.6. The van der Waals surface area contributed by atoms with Gasteiger partial charge in [-0.2, -0.15) is 0 Å². The molecule has 1 atom stereocenters. The van der Waals surface area contributed by atoms with Crippen molar-refractivity contribution in [3.63, 3.8) is 0 Å². The van der Waals surface area contributed by atoms with Crippen molar-refractivity contribution in [3.05, 3.63) is 24.3 Å². The van der Waals surface area contributed by atoms with E-state index in [-0.39, 0.29) is 36.3 Å². The number of rotatable bonds is 5. The number of carbonyl (C=O) groups excluding carboxylic acids is 3. The maximum atomic E-state index is 12.6. The van der Waals surface area contributed by atoms with Crippen LogP contribution in [0.2, 0.25) is 0 Å². The zero-order valence-corrected chi connectivity index (χ0v) is 16.3. The molecule has 0 bridgehead atoms. The topological polar surface area (TPSA) is 88.2 Å². The number of likely N-dealkylation sites (tertiary alicyclic amines) is 1. The summed E-state index contributed by atoms with van der Waals surface area (Å²) in [7, 11) is 1.59. The van der Waals surface area contributed by atoms with Gasteiger partial charge in [0.2, 0.25) is 11.8 Å². The molecule has 1 aromatic carbocycles. The highest BCUT2D eigenvalue weighted by atomic mass is 16.6. The van der Waals surface area contributed by atoms with Crippen molar-refractivity contribution in [2.45, 2.75) is 32.2 Å². The molecule has 2 heterocycles. The maximum Gasteiger partial charge on any atom is 0.409 e. The van der Waals surface area contributed by atoms with E-state index in [0.717, 1.165) is 11.4 Å². The quantitative estimate of drug-likeness (QED) is 0.829. The Kier molecular flexibility index (Phi) is 6.38. The van der Waals surface area contributed by atoms with E-state index in [2.05, 4.69) is 5.32 Å². The lowest BCUT2D eigenvalue weighted by atomic mass is 10.0. The minimum atomic E-state index is -0.363. The first-order valence-corrected chi connectivity index (χ1v) is 9.68. The molecular formula is C20H27N3O5. The largest absolute Gasteiger partial charge is 0.497 e. The fourth-order valence-corrected chi connectivity index (χ4v) is 3.64. The van der Waals surface area contributed by atoms with Crippen molar-refractivity contribution in [3.8, 4) is 5.75 Å². The highest BCUT2D eigenvalue weighted by molar-refractivity contribution is 6.00. The van der Waals surface area contributed by atoms with Crippen LogP contribution in [-0.2, 0) is 14.3 Å². The molecule has 1 aromatic rings. The Morgan fingerprint density at radius 1 is 1.18 bits per heavy atom. The van der Waals surface area contributed by atoms with Crippen LogP contribution in [0.25, 0.3) is 0 Å². The van der Waals surface area contributed by atoms with E-state index in [1.54, 1.807) is 36.0 Å². The lowest BCUT2D eigenvalue weighted by Crippen LogP contribution is -2.48. The van der Waals surface area contributed by atoms with Gasteiger partial charge in [-0.25, -0.2) is 4.79 Å². The van der Waals surface area contributed by atoms with Crippen molar-refractivity contribution in [2.24, 2.45) is 5.92 Å². The third-order valence-electron chi connectivity index (χ3n) is 5.25. The molecule has 0 spiro atoms. The van der Waals surface area contributed by atoms with E-state index in [9.17, 15) is 14.4 Å². The number of nitrogens with zero attached hydrogens (tertiary/aromatic N) is 2. The van der Waals surface area contributed by atoms with Gasteiger partial charge >= 0.3 is 6.09 Å². The first-order valence-electron chi connectivity index (χ1n) is 9.68. The highest BCUT2D eigenvalue weighted by Crippen LogP contribution is 2.27. The number of amides is 3. The van der Waals surface area contributed by atoms with Crippen molar-refractivity contribution >= 4 is 23.6 Å². The lowest BCUT2D eigenvalue weighted by molar-refractivity contribution is -0.127. The second-order valence-electron chi connectivity index (χ2n) is 7.07. The number of benzene rings is 1. The predicted octanol–water partition coefficient (Wildman–Crippen LogP) is 1.79. The van der Waals surface area contributed by atoms with Crippen LogP contribution in [0, 0.1) is 5.92 Å². The first-order chi connectivity index (χ1) is 13.5. The minimum absolute atomic E-state index is 0.0170. The molecular weight excluding hydrogens is 362 g/mol. The number of hydrogen-bond acceptors (Lipinski definition) is 5. The molecule has 28 heavy (non-hydrogen) atoms. The van der Waals surface area contributed by atoms with Gasteiger partial charge in [0.05, 0.1) is 19.6 Å². The third-order valence-corrected chi connectivity index (χ3v) is 5.25. The molecule has 0 aliphatic carbocycles. The van der Waals surface area contributed by atoms with Crippen molar-refractivity contribution in [1.29, 1.82) is 0 Å². The summed E-state index contributed by atoms with van der Waals surface area (Å²) in [4.78, 5) is 40.1. The molecule has 2 fully saturated rings. The minimum Gasteiger partial charge on any atom is -0.497 e. The van der Waals surface area contributed by atoms with Gasteiger partial charge in [0.1, 0.15) is 5.75 Å². The van der Waals surface area contributed by atoms with Crippen LogP contribution in [0.15, 0.2) is 24.3 Å². The van der Waals surface area contributed by atoms with Gasteiger partial charge in [-0.05, 0) is 44.0 Å². The summed E-state index contributed by atoms with van der Waals surface area (Å²) in [6.45, 7) is 3.63. The summed E-state index contributed by atoms with van der Waals surface area (Å²) in [6, 6.07) is 7.26. The fraction of sp³-hybridized carbons (Fsp3) is 0.550. The summed E-state index contributed by atoms with van der Waals surface area (Å²) in [5.41, 5.74) is 0.767. The number of hydrogen-bond donors (Lipinski definition) is 1. The Bertz CT molecular complexity index is 713. The van der Waals surface area contributed by atoms with Crippen LogP contribution in [-0.4, -0.2) is 62.2 Å². The number of methoxy groups -OCH3 is 1.